The standard InChI is InChI=1S/C20H15NOS/c22-20-18(13-16-9-6-12-23-16)17-10-4-5-11-19(17)21(20)14-15-7-2-1-3-8-15/h1-13H,14H2/b18-13-. The van der Waals surface area contributed by atoms with Gasteiger partial charge in [-0.05, 0) is 29.2 Å². The summed E-state index contributed by atoms with van der Waals surface area (Å²) in [4.78, 5) is 15.9. The van der Waals surface area contributed by atoms with Crippen molar-refractivity contribution in [2.24, 2.45) is 0 Å². The van der Waals surface area contributed by atoms with E-state index >= 15 is 0 Å². The maximum absolute atomic E-state index is 13.0. The summed E-state index contributed by atoms with van der Waals surface area (Å²) in [5, 5.41) is 2.03. The van der Waals surface area contributed by atoms with Gasteiger partial charge in [0.05, 0.1) is 17.8 Å². The molecule has 0 N–H and O–H groups in total. The minimum absolute atomic E-state index is 0.0726. The highest BCUT2D eigenvalue weighted by Crippen LogP contribution is 2.38. The molecule has 0 fully saturated rings. The Kier molecular flexibility index (Phi) is 3.56. The van der Waals surface area contributed by atoms with E-state index < -0.39 is 0 Å². The van der Waals surface area contributed by atoms with Gasteiger partial charge in [-0.2, -0.15) is 0 Å². The van der Waals surface area contributed by atoms with Gasteiger partial charge in [0.2, 0.25) is 0 Å². The molecule has 0 radical (unpaired) electrons. The highest BCUT2D eigenvalue weighted by molar-refractivity contribution is 7.11. The van der Waals surface area contributed by atoms with Crippen LogP contribution in [0.3, 0.4) is 0 Å². The average Bonchev–Trinajstić information content (AvgIpc) is 3.19. The Balaban J connectivity index is 1.76. The summed E-state index contributed by atoms with van der Waals surface area (Å²) in [6.07, 6.45) is 2.00. The smallest absolute Gasteiger partial charge is 0.259 e. The molecular weight excluding hydrogens is 302 g/mol. The van der Waals surface area contributed by atoms with Crippen molar-refractivity contribution in [3.8, 4) is 0 Å². The first-order chi connectivity index (χ1) is 11.3. The number of para-hydroxylation sites is 1. The Labute approximate surface area is 139 Å². The summed E-state index contributed by atoms with van der Waals surface area (Å²) in [5.74, 6) is 0.0726. The van der Waals surface area contributed by atoms with Crippen molar-refractivity contribution in [3.63, 3.8) is 0 Å². The van der Waals surface area contributed by atoms with Crippen LogP contribution in [-0.2, 0) is 11.3 Å². The highest BCUT2D eigenvalue weighted by Gasteiger charge is 2.31. The Morgan fingerprint density at radius 2 is 1.70 bits per heavy atom. The lowest BCUT2D eigenvalue weighted by molar-refractivity contribution is -0.113. The number of amides is 1. The summed E-state index contributed by atoms with van der Waals surface area (Å²) in [6, 6.07) is 22.2. The van der Waals surface area contributed by atoms with Gasteiger partial charge >= 0.3 is 0 Å². The van der Waals surface area contributed by atoms with E-state index in [1.807, 2.05) is 71.0 Å². The number of nitrogens with zero attached hydrogens (tertiary/aromatic N) is 1. The van der Waals surface area contributed by atoms with Gasteiger partial charge in [0.1, 0.15) is 0 Å². The summed E-state index contributed by atoms with van der Waals surface area (Å²) >= 11 is 1.64. The number of hydrogen-bond acceptors (Lipinski definition) is 2. The van der Waals surface area contributed by atoms with Gasteiger partial charge in [0.15, 0.2) is 0 Å². The molecule has 0 aliphatic carbocycles. The first-order valence-corrected chi connectivity index (χ1v) is 8.41. The molecule has 2 heterocycles. The minimum Gasteiger partial charge on any atom is -0.303 e. The fourth-order valence-corrected chi connectivity index (χ4v) is 3.54. The zero-order valence-corrected chi connectivity index (χ0v) is 13.3. The number of carbonyl (C=O) groups is 1. The second kappa shape index (κ2) is 5.86. The number of benzene rings is 2. The van der Waals surface area contributed by atoms with Crippen molar-refractivity contribution in [2.45, 2.75) is 6.54 Å². The topological polar surface area (TPSA) is 20.3 Å². The molecule has 1 aromatic heterocycles. The normalized spacial score (nSPS) is 15.2. The van der Waals surface area contributed by atoms with Crippen molar-refractivity contribution < 1.29 is 4.79 Å². The number of fused-ring (bicyclic) bond motifs is 1. The van der Waals surface area contributed by atoms with Crippen LogP contribution >= 0.6 is 11.3 Å². The van der Waals surface area contributed by atoms with E-state index in [2.05, 4.69) is 12.1 Å². The molecule has 0 spiro atoms. The number of rotatable bonds is 3. The lowest BCUT2D eigenvalue weighted by Crippen LogP contribution is -2.25. The first-order valence-electron chi connectivity index (χ1n) is 7.53. The number of hydrogen-bond donors (Lipinski definition) is 0. The predicted octanol–water partition coefficient (Wildman–Crippen LogP) is 4.84. The molecule has 3 aromatic rings. The number of anilines is 1. The summed E-state index contributed by atoms with van der Waals surface area (Å²) in [7, 11) is 0. The molecule has 4 rings (SSSR count). The van der Waals surface area contributed by atoms with Crippen molar-refractivity contribution >= 4 is 34.6 Å². The van der Waals surface area contributed by atoms with E-state index in [1.165, 1.54) is 0 Å². The largest absolute Gasteiger partial charge is 0.303 e. The molecule has 0 saturated carbocycles. The van der Waals surface area contributed by atoms with Gasteiger partial charge in [-0.15, -0.1) is 11.3 Å². The van der Waals surface area contributed by atoms with Gasteiger partial charge in [0.25, 0.3) is 5.91 Å². The van der Waals surface area contributed by atoms with Crippen molar-refractivity contribution in [3.05, 3.63) is 88.1 Å². The van der Waals surface area contributed by atoms with E-state index in [0.717, 1.165) is 27.3 Å². The van der Waals surface area contributed by atoms with Crippen LogP contribution in [0.4, 0.5) is 5.69 Å². The van der Waals surface area contributed by atoms with Gasteiger partial charge in [-0.25, -0.2) is 0 Å². The number of carbonyl (C=O) groups excluding carboxylic acids is 1. The van der Waals surface area contributed by atoms with Gasteiger partial charge in [-0.3, -0.25) is 4.79 Å². The fraction of sp³-hybridized carbons (Fsp3) is 0.0500. The van der Waals surface area contributed by atoms with Crippen molar-refractivity contribution in [1.82, 2.24) is 0 Å². The zero-order valence-electron chi connectivity index (χ0n) is 12.5. The molecule has 2 aromatic carbocycles. The van der Waals surface area contributed by atoms with Crippen LogP contribution in [0.25, 0.3) is 11.6 Å². The average molecular weight is 317 g/mol. The summed E-state index contributed by atoms with van der Waals surface area (Å²) in [5.41, 5.74) is 3.91. The third-order valence-corrected chi connectivity index (χ3v) is 4.79. The van der Waals surface area contributed by atoms with Crippen molar-refractivity contribution in [1.29, 1.82) is 0 Å². The van der Waals surface area contributed by atoms with E-state index in [4.69, 9.17) is 0 Å². The monoisotopic (exact) mass is 317 g/mol. The van der Waals surface area contributed by atoms with Crippen LogP contribution in [0.1, 0.15) is 16.0 Å². The van der Waals surface area contributed by atoms with Gasteiger partial charge < -0.3 is 4.90 Å². The Morgan fingerprint density at radius 3 is 2.48 bits per heavy atom. The van der Waals surface area contributed by atoms with Crippen molar-refractivity contribution in [2.75, 3.05) is 4.90 Å². The zero-order chi connectivity index (χ0) is 15.6. The molecule has 1 aliphatic heterocycles. The Bertz CT molecular complexity index is 866. The predicted molar refractivity (Wildman–Crippen MR) is 96.3 cm³/mol. The molecule has 2 nitrogen and oxygen atoms in total. The lowest BCUT2D eigenvalue weighted by Gasteiger charge is -2.17. The maximum atomic E-state index is 13.0. The second-order valence-electron chi connectivity index (χ2n) is 5.47. The summed E-state index contributed by atoms with van der Waals surface area (Å²) in [6.45, 7) is 0.596. The van der Waals surface area contributed by atoms with Crippen LogP contribution in [-0.4, -0.2) is 5.91 Å². The van der Waals surface area contributed by atoms with Crippen LogP contribution < -0.4 is 4.90 Å². The van der Waals surface area contributed by atoms with E-state index in [0.29, 0.717) is 6.54 Å². The third kappa shape index (κ3) is 2.60. The molecule has 0 bridgehead atoms. The van der Waals surface area contributed by atoms with E-state index in [-0.39, 0.29) is 5.91 Å². The first kappa shape index (κ1) is 14.0. The van der Waals surface area contributed by atoms with Crippen LogP contribution in [0.2, 0.25) is 0 Å². The quantitative estimate of drug-likeness (QED) is 0.633. The molecule has 23 heavy (non-hydrogen) atoms. The molecule has 112 valence electrons. The Hall–Kier alpha value is -2.65. The van der Waals surface area contributed by atoms with Gasteiger partial charge in [-0.1, -0.05) is 54.6 Å². The minimum atomic E-state index is 0.0726. The molecule has 3 heteroatoms. The maximum Gasteiger partial charge on any atom is 0.259 e. The molecule has 1 amide bonds. The van der Waals surface area contributed by atoms with E-state index in [1.54, 1.807) is 11.3 Å². The van der Waals surface area contributed by atoms with Crippen LogP contribution in [0, 0.1) is 0 Å². The molecule has 0 unspecified atom stereocenters. The molecular formula is C20H15NOS. The second-order valence-corrected chi connectivity index (χ2v) is 6.45. The SMILES string of the molecule is O=C1/C(=C\c2cccs2)c2ccccc2N1Cc1ccccc1. The van der Waals surface area contributed by atoms with E-state index in [9.17, 15) is 4.79 Å². The summed E-state index contributed by atoms with van der Waals surface area (Å²) < 4.78 is 0. The molecule has 0 saturated heterocycles. The van der Waals surface area contributed by atoms with Gasteiger partial charge in [0, 0.05) is 10.4 Å². The lowest BCUT2D eigenvalue weighted by atomic mass is 10.1. The molecule has 1 aliphatic rings. The highest BCUT2D eigenvalue weighted by atomic mass is 32.1. The van der Waals surface area contributed by atoms with Crippen LogP contribution in [0.5, 0.6) is 0 Å². The third-order valence-electron chi connectivity index (χ3n) is 3.97. The molecule has 0 atom stereocenters. The Morgan fingerprint density at radius 1 is 0.913 bits per heavy atom. The van der Waals surface area contributed by atoms with Crippen LogP contribution in [0.15, 0.2) is 72.1 Å². The number of thiophene rings is 1. The fourth-order valence-electron chi connectivity index (χ4n) is 2.88.